The van der Waals surface area contributed by atoms with Gasteiger partial charge in [-0.05, 0) is 47.2 Å². The second-order valence-electron chi connectivity index (χ2n) is 2.97. The van der Waals surface area contributed by atoms with Gasteiger partial charge in [0, 0.05) is 16.2 Å². The molecule has 0 saturated heterocycles. The normalized spacial score (nSPS) is 12.5. The van der Waals surface area contributed by atoms with Crippen LogP contribution in [0.3, 0.4) is 0 Å². The first-order valence-electron chi connectivity index (χ1n) is 4.34. The maximum atomic E-state index is 3.68. The summed E-state index contributed by atoms with van der Waals surface area (Å²) >= 11 is 2.31. The minimum atomic E-state index is 0.398. The van der Waals surface area contributed by atoms with Crippen LogP contribution in [0.25, 0.3) is 0 Å². The third-order valence-corrected chi connectivity index (χ3v) is 2.66. The summed E-state index contributed by atoms with van der Waals surface area (Å²) in [6.45, 7) is 6.69. The summed E-state index contributed by atoms with van der Waals surface area (Å²) < 4.78 is 1.28. The van der Waals surface area contributed by atoms with E-state index in [-0.39, 0.29) is 0 Å². The number of nitrogens with one attached hydrogen (secondary N) is 1. The van der Waals surface area contributed by atoms with Crippen LogP contribution in [-0.4, -0.2) is 6.54 Å². The summed E-state index contributed by atoms with van der Waals surface area (Å²) in [7, 11) is 0. The van der Waals surface area contributed by atoms with Gasteiger partial charge in [-0.1, -0.05) is 18.2 Å². The predicted molar refractivity (Wildman–Crippen MR) is 65.8 cm³/mol. The Hall–Kier alpha value is -0.350. The maximum Gasteiger partial charge on any atom is 0.0294 e. The monoisotopic (exact) mass is 287 g/mol. The van der Waals surface area contributed by atoms with Crippen molar-refractivity contribution >= 4 is 22.6 Å². The van der Waals surface area contributed by atoms with Crippen LogP contribution in [0.5, 0.6) is 0 Å². The van der Waals surface area contributed by atoms with Crippen LogP contribution in [0.4, 0.5) is 0 Å². The lowest BCUT2D eigenvalue weighted by atomic mass is 10.1. The summed E-state index contributed by atoms with van der Waals surface area (Å²) in [5.74, 6) is 0. The van der Waals surface area contributed by atoms with Crippen LogP contribution in [0.15, 0.2) is 36.9 Å². The van der Waals surface area contributed by atoms with Crippen LogP contribution in [0, 0.1) is 3.57 Å². The summed E-state index contributed by atoms with van der Waals surface area (Å²) in [4.78, 5) is 0. The van der Waals surface area contributed by atoms with E-state index in [2.05, 4.69) is 65.7 Å². The van der Waals surface area contributed by atoms with E-state index in [0.29, 0.717) is 6.04 Å². The Morgan fingerprint density at radius 1 is 1.46 bits per heavy atom. The minimum absolute atomic E-state index is 0.398. The van der Waals surface area contributed by atoms with Crippen molar-refractivity contribution < 1.29 is 0 Å². The second-order valence-corrected chi connectivity index (χ2v) is 4.22. The zero-order valence-corrected chi connectivity index (χ0v) is 9.91. The van der Waals surface area contributed by atoms with Gasteiger partial charge in [-0.25, -0.2) is 0 Å². The van der Waals surface area contributed by atoms with Gasteiger partial charge in [-0.15, -0.1) is 6.58 Å². The van der Waals surface area contributed by atoms with Crippen molar-refractivity contribution in [3.05, 3.63) is 46.1 Å². The van der Waals surface area contributed by atoms with Crippen LogP contribution in [0.2, 0.25) is 0 Å². The van der Waals surface area contributed by atoms with Crippen LogP contribution >= 0.6 is 22.6 Å². The highest BCUT2D eigenvalue weighted by Gasteiger charge is 2.01. The quantitative estimate of drug-likeness (QED) is 0.662. The van der Waals surface area contributed by atoms with E-state index >= 15 is 0 Å². The van der Waals surface area contributed by atoms with Gasteiger partial charge >= 0.3 is 0 Å². The fraction of sp³-hybridized carbons (Fsp3) is 0.273. The topological polar surface area (TPSA) is 12.0 Å². The Labute approximate surface area is 93.4 Å². The lowest BCUT2D eigenvalue weighted by Gasteiger charge is -2.12. The number of halogens is 1. The molecular weight excluding hydrogens is 273 g/mol. The first-order chi connectivity index (χ1) is 6.24. The molecule has 0 aliphatic heterocycles. The molecule has 0 aromatic heterocycles. The molecule has 70 valence electrons. The van der Waals surface area contributed by atoms with Crippen molar-refractivity contribution in [3.63, 3.8) is 0 Å². The molecular formula is C11H14IN. The van der Waals surface area contributed by atoms with Gasteiger partial charge in [0.2, 0.25) is 0 Å². The molecule has 1 unspecified atom stereocenters. The SMILES string of the molecule is C=CCNC(C)c1ccc(I)cc1. The molecule has 1 N–H and O–H groups in total. The van der Waals surface area contributed by atoms with Gasteiger partial charge in [-0.2, -0.15) is 0 Å². The highest BCUT2D eigenvalue weighted by molar-refractivity contribution is 14.1. The standard InChI is InChI=1S/C11H14IN/c1-3-8-13-9(2)10-4-6-11(12)7-5-10/h3-7,9,13H,1,8H2,2H3. The zero-order valence-electron chi connectivity index (χ0n) is 7.76. The molecule has 2 heteroatoms. The van der Waals surface area contributed by atoms with Crippen molar-refractivity contribution in [1.29, 1.82) is 0 Å². The first kappa shape index (κ1) is 10.7. The molecule has 0 fully saturated rings. The number of hydrogen-bond acceptors (Lipinski definition) is 1. The van der Waals surface area contributed by atoms with Crippen molar-refractivity contribution in [1.82, 2.24) is 5.32 Å². The highest BCUT2D eigenvalue weighted by Crippen LogP contribution is 2.13. The minimum Gasteiger partial charge on any atom is -0.307 e. The van der Waals surface area contributed by atoms with Crippen molar-refractivity contribution in [2.45, 2.75) is 13.0 Å². The van der Waals surface area contributed by atoms with Crippen LogP contribution in [0.1, 0.15) is 18.5 Å². The molecule has 13 heavy (non-hydrogen) atoms. The molecule has 0 saturated carbocycles. The smallest absolute Gasteiger partial charge is 0.0294 e. The summed E-state index contributed by atoms with van der Waals surface area (Å²) in [6.07, 6.45) is 1.88. The molecule has 1 aromatic rings. The third-order valence-electron chi connectivity index (χ3n) is 1.94. The number of rotatable bonds is 4. The molecule has 1 rings (SSSR count). The van der Waals surface area contributed by atoms with Gasteiger partial charge < -0.3 is 5.32 Å². The lowest BCUT2D eigenvalue weighted by Crippen LogP contribution is -2.18. The van der Waals surface area contributed by atoms with Crippen molar-refractivity contribution in [2.75, 3.05) is 6.54 Å². The van der Waals surface area contributed by atoms with Gasteiger partial charge in [0.05, 0.1) is 0 Å². The van der Waals surface area contributed by atoms with Crippen molar-refractivity contribution in [2.24, 2.45) is 0 Å². The number of benzene rings is 1. The zero-order chi connectivity index (χ0) is 9.68. The van der Waals surface area contributed by atoms with E-state index in [1.807, 2.05) is 6.08 Å². The Morgan fingerprint density at radius 3 is 2.62 bits per heavy atom. The summed E-state index contributed by atoms with van der Waals surface area (Å²) in [6, 6.07) is 8.96. The Kier molecular flexibility index (Phi) is 4.45. The third kappa shape index (κ3) is 3.48. The number of hydrogen-bond donors (Lipinski definition) is 1. The summed E-state index contributed by atoms with van der Waals surface area (Å²) in [5, 5.41) is 3.35. The van der Waals surface area contributed by atoms with Crippen LogP contribution < -0.4 is 5.32 Å². The molecule has 1 aromatic carbocycles. The van der Waals surface area contributed by atoms with Crippen molar-refractivity contribution in [3.8, 4) is 0 Å². The fourth-order valence-corrected chi connectivity index (χ4v) is 1.49. The van der Waals surface area contributed by atoms with Gasteiger partial charge in [0.15, 0.2) is 0 Å². The average Bonchev–Trinajstić information content (AvgIpc) is 2.15. The van der Waals surface area contributed by atoms with Crippen LogP contribution in [-0.2, 0) is 0 Å². The van der Waals surface area contributed by atoms with E-state index in [4.69, 9.17) is 0 Å². The van der Waals surface area contributed by atoms with Gasteiger partial charge in [0.25, 0.3) is 0 Å². The molecule has 0 amide bonds. The molecule has 0 heterocycles. The van der Waals surface area contributed by atoms with E-state index < -0.39 is 0 Å². The summed E-state index contributed by atoms with van der Waals surface area (Å²) in [5.41, 5.74) is 1.32. The average molecular weight is 287 g/mol. The Bertz CT molecular complexity index is 266. The molecule has 1 nitrogen and oxygen atoms in total. The van der Waals surface area contributed by atoms with Gasteiger partial charge in [0.1, 0.15) is 0 Å². The second kappa shape index (κ2) is 5.40. The molecule has 1 atom stereocenters. The maximum absolute atomic E-state index is 3.68. The Morgan fingerprint density at radius 2 is 2.08 bits per heavy atom. The fourth-order valence-electron chi connectivity index (χ4n) is 1.13. The predicted octanol–water partition coefficient (Wildman–Crippen LogP) is 3.13. The van der Waals surface area contributed by atoms with E-state index in [9.17, 15) is 0 Å². The van der Waals surface area contributed by atoms with E-state index in [0.717, 1.165) is 6.54 Å². The largest absolute Gasteiger partial charge is 0.307 e. The van der Waals surface area contributed by atoms with Gasteiger partial charge in [-0.3, -0.25) is 0 Å². The molecule has 0 bridgehead atoms. The Balaban J connectivity index is 2.60. The molecule has 0 radical (unpaired) electrons. The van der Waals surface area contributed by atoms with E-state index in [1.165, 1.54) is 9.13 Å². The first-order valence-corrected chi connectivity index (χ1v) is 5.41. The molecule has 0 spiro atoms. The highest BCUT2D eigenvalue weighted by atomic mass is 127. The lowest BCUT2D eigenvalue weighted by molar-refractivity contribution is 0.617. The molecule has 0 aliphatic rings. The molecule has 0 aliphatic carbocycles. The van der Waals surface area contributed by atoms with E-state index in [1.54, 1.807) is 0 Å².